The topological polar surface area (TPSA) is 75.6 Å². The number of carboxylic acids is 1. The molecule has 1 atom stereocenters. The van der Waals surface area contributed by atoms with Gasteiger partial charge in [-0.25, -0.2) is 4.79 Å². The second-order valence-corrected chi connectivity index (χ2v) is 6.24. The molecule has 0 radical (unpaired) electrons. The van der Waals surface area contributed by atoms with Gasteiger partial charge >= 0.3 is 5.97 Å². The van der Waals surface area contributed by atoms with Crippen molar-refractivity contribution in [3.8, 4) is 0 Å². The number of fused-ring (bicyclic) bond motifs is 1. The Balaban J connectivity index is 1.75. The molecule has 2 saturated heterocycles. The van der Waals surface area contributed by atoms with Crippen molar-refractivity contribution in [3.05, 3.63) is 35.9 Å². The van der Waals surface area contributed by atoms with E-state index in [9.17, 15) is 14.7 Å². The molecule has 1 unspecified atom stereocenters. The van der Waals surface area contributed by atoms with Gasteiger partial charge in [0.1, 0.15) is 5.60 Å². The second kappa shape index (κ2) is 4.46. The summed E-state index contributed by atoms with van der Waals surface area (Å²) in [7, 11) is 0. The molecule has 2 N–H and O–H groups in total. The highest BCUT2D eigenvalue weighted by Crippen LogP contribution is 2.55. The van der Waals surface area contributed by atoms with Gasteiger partial charge in [0.25, 0.3) is 5.91 Å². The zero-order valence-electron chi connectivity index (χ0n) is 10.6. The van der Waals surface area contributed by atoms with Gasteiger partial charge in [-0.15, -0.1) is 11.6 Å². The number of ether oxygens (including phenoxy) is 1. The molecule has 1 aromatic carbocycles. The van der Waals surface area contributed by atoms with Gasteiger partial charge in [-0.2, -0.15) is 0 Å². The predicted octanol–water partition coefficient (Wildman–Crippen LogP) is 1.47. The minimum absolute atomic E-state index is 0.338. The molecule has 6 heteroatoms. The summed E-state index contributed by atoms with van der Waals surface area (Å²) in [6.07, 6.45) is 0.878. The van der Waals surface area contributed by atoms with Gasteiger partial charge in [0, 0.05) is 12.8 Å². The maximum atomic E-state index is 12.3. The Morgan fingerprint density at radius 1 is 1.30 bits per heavy atom. The number of benzene rings is 1. The van der Waals surface area contributed by atoms with Crippen LogP contribution >= 0.6 is 11.6 Å². The van der Waals surface area contributed by atoms with E-state index in [0.717, 1.165) is 0 Å². The predicted molar refractivity (Wildman–Crippen MR) is 71.5 cm³/mol. The van der Waals surface area contributed by atoms with Crippen molar-refractivity contribution < 1.29 is 19.4 Å². The lowest BCUT2D eigenvalue weighted by atomic mass is 9.73. The van der Waals surface area contributed by atoms with Crippen LogP contribution in [0.2, 0.25) is 0 Å². The highest BCUT2D eigenvalue weighted by molar-refractivity contribution is 6.26. The van der Waals surface area contributed by atoms with Gasteiger partial charge in [0.2, 0.25) is 0 Å². The van der Waals surface area contributed by atoms with Crippen molar-refractivity contribution >= 4 is 23.5 Å². The van der Waals surface area contributed by atoms with E-state index in [-0.39, 0.29) is 0 Å². The number of hydrogen-bond donors (Lipinski definition) is 2. The summed E-state index contributed by atoms with van der Waals surface area (Å²) < 4.78 is 5.46. The van der Waals surface area contributed by atoms with E-state index in [1.54, 1.807) is 30.3 Å². The molecule has 2 heterocycles. The first-order chi connectivity index (χ1) is 9.44. The smallest absolute Gasteiger partial charge is 0.330 e. The van der Waals surface area contributed by atoms with Crippen molar-refractivity contribution in [2.75, 3.05) is 6.61 Å². The van der Waals surface area contributed by atoms with Crippen LogP contribution in [0.3, 0.4) is 0 Å². The van der Waals surface area contributed by atoms with Crippen LogP contribution in [0.4, 0.5) is 0 Å². The number of carboxylic acid groups (broad SMARTS) is 1. The number of alkyl halides is 1. The summed E-state index contributed by atoms with van der Waals surface area (Å²) in [6, 6.07) is 7.51. The standard InChI is InChI=1S/C14H14ClNO4/c15-13-6-14(7-13,20-8-13)12(19)16-10(11(17)18)9-4-2-1-3-5-9/h1-5,10H,6-8H2,(H,16,19)(H,17,18). The monoisotopic (exact) mass is 295 g/mol. The molecule has 2 aliphatic heterocycles. The highest BCUT2D eigenvalue weighted by atomic mass is 35.5. The minimum Gasteiger partial charge on any atom is -0.479 e. The lowest BCUT2D eigenvalue weighted by molar-refractivity contribution is -0.149. The first kappa shape index (κ1) is 13.4. The third-order valence-corrected chi connectivity index (χ3v) is 4.26. The van der Waals surface area contributed by atoms with Crippen LogP contribution in [-0.4, -0.2) is 34.1 Å². The average Bonchev–Trinajstić information content (AvgIpc) is 2.91. The van der Waals surface area contributed by atoms with E-state index in [0.29, 0.717) is 25.0 Å². The van der Waals surface area contributed by atoms with Gasteiger partial charge < -0.3 is 15.2 Å². The van der Waals surface area contributed by atoms with Crippen molar-refractivity contribution in [1.29, 1.82) is 0 Å². The van der Waals surface area contributed by atoms with Crippen molar-refractivity contribution in [2.24, 2.45) is 0 Å². The normalized spacial score (nSPS) is 32.2. The van der Waals surface area contributed by atoms with E-state index >= 15 is 0 Å². The largest absolute Gasteiger partial charge is 0.479 e. The number of aliphatic carboxylic acids is 1. The molecule has 20 heavy (non-hydrogen) atoms. The quantitative estimate of drug-likeness (QED) is 0.825. The zero-order chi connectivity index (χ0) is 14.4. The average molecular weight is 296 g/mol. The molecule has 3 fully saturated rings. The lowest BCUT2D eigenvalue weighted by Crippen LogP contribution is -2.56. The Morgan fingerprint density at radius 2 is 1.95 bits per heavy atom. The summed E-state index contributed by atoms with van der Waals surface area (Å²) in [5, 5.41) is 11.8. The maximum absolute atomic E-state index is 12.3. The van der Waals surface area contributed by atoms with Crippen LogP contribution in [0.25, 0.3) is 0 Å². The van der Waals surface area contributed by atoms with Gasteiger partial charge in [-0.05, 0) is 5.56 Å². The van der Waals surface area contributed by atoms with Gasteiger partial charge in [0.15, 0.2) is 6.04 Å². The number of amides is 1. The molecule has 0 spiro atoms. The van der Waals surface area contributed by atoms with E-state index < -0.39 is 28.4 Å². The molecule has 3 aliphatic rings. The summed E-state index contributed by atoms with van der Waals surface area (Å²) in [5.74, 6) is -1.50. The third-order valence-electron chi connectivity index (χ3n) is 3.88. The molecule has 5 nitrogen and oxygen atoms in total. The Morgan fingerprint density at radius 3 is 2.45 bits per heavy atom. The number of nitrogens with one attached hydrogen (secondary N) is 1. The van der Waals surface area contributed by atoms with Crippen LogP contribution < -0.4 is 5.32 Å². The summed E-state index contributed by atoms with van der Waals surface area (Å²) in [6.45, 7) is 0.338. The summed E-state index contributed by atoms with van der Waals surface area (Å²) >= 11 is 6.16. The second-order valence-electron chi connectivity index (χ2n) is 5.44. The molecule has 1 aromatic rings. The SMILES string of the molecule is O=C(O)C(NC(=O)C12CC(Cl)(CO1)C2)c1ccccc1. The van der Waals surface area contributed by atoms with Crippen LogP contribution in [-0.2, 0) is 14.3 Å². The number of rotatable bonds is 4. The summed E-state index contributed by atoms with van der Waals surface area (Å²) in [4.78, 5) is 23.2. The minimum atomic E-state index is -1.10. The molecular formula is C14H14ClNO4. The van der Waals surface area contributed by atoms with Gasteiger partial charge in [-0.3, -0.25) is 4.79 Å². The molecular weight excluding hydrogens is 282 g/mol. The lowest BCUT2D eigenvalue weighted by Gasteiger charge is -2.39. The number of carbonyl (C=O) groups is 2. The molecule has 1 saturated carbocycles. The molecule has 4 rings (SSSR count). The van der Waals surface area contributed by atoms with Crippen molar-refractivity contribution in [2.45, 2.75) is 29.4 Å². The Labute approximate surface area is 120 Å². The van der Waals surface area contributed by atoms with E-state index in [1.807, 2.05) is 0 Å². The fourth-order valence-electron chi connectivity index (χ4n) is 2.87. The van der Waals surface area contributed by atoms with E-state index in [4.69, 9.17) is 16.3 Å². The fraction of sp³-hybridized carbons (Fsp3) is 0.429. The molecule has 1 aliphatic carbocycles. The summed E-state index contributed by atoms with van der Waals surface area (Å²) in [5.41, 5.74) is -0.413. The van der Waals surface area contributed by atoms with Crippen molar-refractivity contribution in [3.63, 3.8) is 0 Å². The zero-order valence-corrected chi connectivity index (χ0v) is 11.4. The fourth-order valence-corrected chi connectivity index (χ4v) is 3.35. The van der Waals surface area contributed by atoms with Crippen LogP contribution in [0.1, 0.15) is 24.4 Å². The Hall–Kier alpha value is -1.59. The van der Waals surface area contributed by atoms with Crippen LogP contribution in [0, 0.1) is 0 Å². The van der Waals surface area contributed by atoms with Crippen LogP contribution in [0.15, 0.2) is 30.3 Å². The van der Waals surface area contributed by atoms with E-state index in [2.05, 4.69) is 5.32 Å². The van der Waals surface area contributed by atoms with Crippen LogP contribution in [0.5, 0.6) is 0 Å². The third kappa shape index (κ3) is 2.07. The number of carbonyl (C=O) groups excluding carboxylic acids is 1. The Bertz CT molecular complexity index is 554. The first-order valence-electron chi connectivity index (χ1n) is 6.36. The Kier molecular flexibility index (Phi) is 2.99. The molecule has 106 valence electrons. The van der Waals surface area contributed by atoms with E-state index in [1.165, 1.54) is 0 Å². The van der Waals surface area contributed by atoms with Gasteiger partial charge in [-0.1, -0.05) is 30.3 Å². The molecule has 0 aromatic heterocycles. The molecule has 2 bridgehead atoms. The first-order valence-corrected chi connectivity index (χ1v) is 6.74. The molecule has 1 amide bonds. The maximum Gasteiger partial charge on any atom is 0.330 e. The highest BCUT2D eigenvalue weighted by Gasteiger charge is 2.66. The number of halogens is 1. The number of hydrogen-bond acceptors (Lipinski definition) is 3. The van der Waals surface area contributed by atoms with Crippen molar-refractivity contribution in [1.82, 2.24) is 5.32 Å². The van der Waals surface area contributed by atoms with Gasteiger partial charge in [0.05, 0.1) is 11.5 Å².